The normalized spacial score (nSPS) is 13.7. The molecular weight excluding hydrogens is 733 g/mol. The highest BCUT2D eigenvalue weighted by Gasteiger charge is 2.37. The largest absolute Gasteiger partial charge is 0.416 e. The standard InChI is InChI=1S/C25H23F6N3.C10H22.C7H14.C4H10.C2H6/c1-4-6-21(17-9-7-16(5-2)8-10-17)22-14-32-23(33-15(22)3)34-20-12-18(24(26,27)28)11-19(13-20)25(29,30)31;1-4-6-7-9-10(3)8-5-2;1-7-5-3-2-4-6-7;1-3-4-2;1-2/h6-14H,4-5H2,1-3H3,(H,32,33,34);10H,4-9H2,1-3H3;7H,2-6H2,1H3;3-4H2,1-2H3;1-2H3/b21-6-;;;;. The van der Waals surface area contributed by atoms with Crippen LogP contribution in [0.15, 0.2) is 54.7 Å². The van der Waals surface area contributed by atoms with Crippen molar-refractivity contribution in [1.29, 1.82) is 0 Å². The van der Waals surface area contributed by atoms with E-state index in [1.807, 2.05) is 51.1 Å². The van der Waals surface area contributed by atoms with Gasteiger partial charge in [0.2, 0.25) is 5.95 Å². The third-order valence-electron chi connectivity index (χ3n) is 9.67. The van der Waals surface area contributed by atoms with Gasteiger partial charge in [0.1, 0.15) is 0 Å². The number of nitrogens with one attached hydrogen (secondary N) is 1. The van der Waals surface area contributed by atoms with Gasteiger partial charge < -0.3 is 5.32 Å². The number of rotatable bonds is 13. The molecule has 4 rings (SSSR count). The fourth-order valence-corrected chi connectivity index (χ4v) is 6.14. The van der Waals surface area contributed by atoms with Gasteiger partial charge in [0.25, 0.3) is 0 Å². The van der Waals surface area contributed by atoms with Crippen LogP contribution in [0.3, 0.4) is 0 Å². The van der Waals surface area contributed by atoms with Crippen molar-refractivity contribution in [2.75, 3.05) is 5.32 Å². The Balaban J connectivity index is 0.00000110. The summed E-state index contributed by atoms with van der Waals surface area (Å²) in [7, 11) is 0. The predicted octanol–water partition coefficient (Wildman–Crippen LogP) is 17.4. The lowest BCUT2D eigenvalue weighted by Gasteiger charge is -2.16. The van der Waals surface area contributed by atoms with Gasteiger partial charge in [-0.05, 0) is 66.5 Å². The smallest absolute Gasteiger partial charge is 0.324 e. The molecular formula is C48H75F6N3. The Morgan fingerprint density at radius 2 is 1.33 bits per heavy atom. The molecule has 1 aliphatic rings. The summed E-state index contributed by atoms with van der Waals surface area (Å²) >= 11 is 0. The Labute approximate surface area is 343 Å². The summed E-state index contributed by atoms with van der Waals surface area (Å²) in [5.74, 6) is 1.90. The summed E-state index contributed by atoms with van der Waals surface area (Å²) in [6, 6.07) is 9.30. The molecule has 0 spiro atoms. The molecule has 1 unspecified atom stereocenters. The van der Waals surface area contributed by atoms with Crippen LogP contribution in [0.2, 0.25) is 0 Å². The number of halogens is 6. The van der Waals surface area contributed by atoms with Crippen LogP contribution >= 0.6 is 0 Å². The zero-order chi connectivity index (χ0) is 43.4. The number of aromatic nitrogens is 2. The molecule has 0 amide bonds. The first-order valence-electron chi connectivity index (χ1n) is 21.7. The molecule has 9 heteroatoms. The molecule has 1 aromatic heterocycles. The highest BCUT2D eigenvalue weighted by molar-refractivity contribution is 5.80. The number of benzene rings is 2. The number of aryl methyl sites for hydroxylation is 2. The third-order valence-corrected chi connectivity index (χ3v) is 9.67. The van der Waals surface area contributed by atoms with Gasteiger partial charge in [0, 0.05) is 17.4 Å². The van der Waals surface area contributed by atoms with Crippen molar-refractivity contribution >= 4 is 17.2 Å². The summed E-state index contributed by atoms with van der Waals surface area (Å²) in [5, 5.41) is 2.48. The van der Waals surface area contributed by atoms with Gasteiger partial charge >= 0.3 is 12.4 Å². The van der Waals surface area contributed by atoms with Crippen LogP contribution in [0.5, 0.6) is 0 Å². The highest BCUT2D eigenvalue weighted by atomic mass is 19.4. The van der Waals surface area contributed by atoms with E-state index in [1.165, 1.54) is 95.2 Å². The molecule has 57 heavy (non-hydrogen) atoms. The first-order valence-corrected chi connectivity index (χ1v) is 21.7. The van der Waals surface area contributed by atoms with Crippen molar-refractivity contribution in [1.82, 2.24) is 9.97 Å². The molecule has 324 valence electrons. The Morgan fingerprint density at radius 3 is 1.74 bits per heavy atom. The average Bonchev–Trinajstić information content (AvgIpc) is 3.18. The summed E-state index contributed by atoms with van der Waals surface area (Å²) in [5.41, 5.74) is 1.05. The topological polar surface area (TPSA) is 37.8 Å². The van der Waals surface area contributed by atoms with Crippen LogP contribution in [0.4, 0.5) is 38.0 Å². The number of allylic oxidation sites excluding steroid dienone is 1. The third kappa shape index (κ3) is 22.4. The second-order valence-electron chi connectivity index (χ2n) is 14.8. The quantitative estimate of drug-likeness (QED) is 0.138. The maximum atomic E-state index is 13.1. The Bertz CT molecular complexity index is 1460. The van der Waals surface area contributed by atoms with Crippen LogP contribution in [0, 0.1) is 18.8 Å². The number of hydrogen-bond acceptors (Lipinski definition) is 3. The van der Waals surface area contributed by atoms with Crippen molar-refractivity contribution in [3.8, 4) is 0 Å². The molecule has 1 fully saturated rings. The van der Waals surface area contributed by atoms with E-state index in [9.17, 15) is 26.3 Å². The van der Waals surface area contributed by atoms with Gasteiger partial charge in [-0.1, -0.05) is 183 Å². The Morgan fingerprint density at radius 1 is 0.772 bits per heavy atom. The lowest BCUT2D eigenvalue weighted by molar-refractivity contribution is -0.143. The van der Waals surface area contributed by atoms with Gasteiger partial charge in [0.05, 0.1) is 16.8 Å². The predicted molar refractivity (Wildman–Crippen MR) is 232 cm³/mol. The van der Waals surface area contributed by atoms with Crippen molar-refractivity contribution in [2.45, 2.75) is 185 Å². The summed E-state index contributed by atoms with van der Waals surface area (Å²) in [4.78, 5) is 8.44. The van der Waals surface area contributed by atoms with E-state index in [4.69, 9.17) is 0 Å². The second-order valence-corrected chi connectivity index (χ2v) is 14.8. The minimum atomic E-state index is -4.94. The minimum absolute atomic E-state index is 0.0754. The summed E-state index contributed by atoms with van der Waals surface area (Å²) < 4.78 is 78.8. The van der Waals surface area contributed by atoms with E-state index in [0.29, 0.717) is 17.8 Å². The van der Waals surface area contributed by atoms with E-state index < -0.39 is 29.2 Å². The monoisotopic (exact) mass is 808 g/mol. The fourth-order valence-electron chi connectivity index (χ4n) is 6.14. The first-order chi connectivity index (χ1) is 27.0. The lowest BCUT2D eigenvalue weighted by Crippen LogP contribution is -2.12. The molecule has 0 saturated heterocycles. The highest BCUT2D eigenvalue weighted by Crippen LogP contribution is 2.38. The van der Waals surface area contributed by atoms with Crippen molar-refractivity contribution in [3.63, 3.8) is 0 Å². The average molecular weight is 808 g/mol. The minimum Gasteiger partial charge on any atom is -0.324 e. The molecule has 1 atom stereocenters. The molecule has 1 aliphatic carbocycles. The van der Waals surface area contributed by atoms with E-state index >= 15 is 0 Å². The number of hydrogen-bond donors (Lipinski definition) is 1. The molecule has 1 N–H and O–H groups in total. The SMILES string of the molecule is CC.CC/C=C(/c1ccc(CC)cc1)c1cnc(Nc2cc(C(F)(F)F)cc(C(F)(F)F)c2)nc1C.CC1CCCCC1.CCCC.CCCCCC(C)CCC. The molecule has 0 bridgehead atoms. The maximum absolute atomic E-state index is 13.1. The van der Waals surface area contributed by atoms with E-state index in [-0.39, 0.29) is 12.0 Å². The molecule has 0 radical (unpaired) electrons. The second kappa shape index (κ2) is 29.8. The maximum Gasteiger partial charge on any atom is 0.416 e. The molecule has 2 aromatic carbocycles. The molecule has 3 nitrogen and oxygen atoms in total. The zero-order valence-corrected chi connectivity index (χ0v) is 37.1. The number of alkyl halides is 6. The van der Waals surface area contributed by atoms with Crippen LogP contribution in [-0.2, 0) is 18.8 Å². The summed E-state index contributed by atoms with van der Waals surface area (Å²) in [6.45, 7) is 23.4. The van der Waals surface area contributed by atoms with Crippen LogP contribution in [0.25, 0.3) is 5.57 Å². The van der Waals surface area contributed by atoms with Crippen LogP contribution in [0.1, 0.15) is 193 Å². The van der Waals surface area contributed by atoms with Gasteiger partial charge in [-0.25, -0.2) is 9.97 Å². The first kappa shape index (κ1) is 53.6. The van der Waals surface area contributed by atoms with Crippen molar-refractivity contribution < 1.29 is 26.3 Å². The number of unbranched alkanes of at least 4 members (excludes halogenated alkanes) is 3. The lowest BCUT2D eigenvalue weighted by atomic mass is 9.91. The van der Waals surface area contributed by atoms with E-state index in [0.717, 1.165) is 41.4 Å². The van der Waals surface area contributed by atoms with Gasteiger partial charge in [-0.2, -0.15) is 26.3 Å². The molecule has 0 aliphatic heterocycles. The van der Waals surface area contributed by atoms with Crippen molar-refractivity contribution in [2.24, 2.45) is 11.8 Å². The van der Waals surface area contributed by atoms with E-state index in [2.05, 4.69) is 63.8 Å². The molecule has 1 heterocycles. The molecule has 1 saturated carbocycles. The number of nitrogens with zero attached hydrogens (tertiary/aromatic N) is 2. The van der Waals surface area contributed by atoms with Gasteiger partial charge in [0.15, 0.2) is 0 Å². The van der Waals surface area contributed by atoms with Gasteiger partial charge in [-0.15, -0.1) is 0 Å². The Kier molecular flexibility index (Phi) is 28.0. The fraction of sp³-hybridized carbons (Fsp3) is 0.625. The molecule has 3 aromatic rings. The summed E-state index contributed by atoms with van der Waals surface area (Å²) in [6.07, 6.45) is 13.8. The van der Waals surface area contributed by atoms with Crippen molar-refractivity contribution in [3.05, 3.63) is 88.2 Å². The zero-order valence-electron chi connectivity index (χ0n) is 37.1. The Hall–Kier alpha value is -3.36. The van der Waals surface area contributed by atoms with Crippen LogP contribution < -0.4 is 5.32 Å². The number of anilines is 2. The van der Waals surface area contributed by atoms with E-state index in [1.54, 1.807) is 6.92 Å². The van der Waals surface area contributed by atoms with Gasteiger partial charge in [-0.3, -0.25) is 0 Å². The van der Waals surface area contributed by atoms with Crippen LogP contribution in [-0.4, -0.2) is 9.97 Å².